The van der Waals surface area contributed by atoms with Crippen molar-refractivity contribution in [2.24, 2.45) is 5.73 Å². The number of benzene rings is 1. The molecule has 0 aliphatic rings. The SMILES string of the molecule is CCOc1ccc(C(N)CCc2ccco2)cc1OCC. The molecule has 0 saturated heterocycles. The molecule has 0 spiro atoms. The number of nitrogens with two attached hydrogens (primary N) is 1. The van der Waals surface area contributed by atoms with E-state index in [9.17, 15) is 0 Å². The molecular formula is C17H23NO3. The minimum Gasteiger partial charge on any atom is -0.490 e. The summed E-state index contributed by atoms with van der Waals surface area (Å²) in [5, 5.41) is 0. The van der Waals surface area contributed by atoms with Gasteiger partial charge in [0.25, 0.3) is 0 Å². The summed E-state index contributed by atoms with van der Waals surface area (Å²) in [7, 11) is 0. The molecule has 0 saturated carbocycles. The molecule has 0 radical (unpaired) electrons. The quantitative estimate of drug-likeness (QED) is 0.805. The molecule has 2 rings (SSSR count). The lowest BCUT2D eigenvalue weighted by atomic mass is 10.0. The summed E-state index contributed by atoms with van der Waals surface area (Å²) in [5.74, 6) is 2.48. The number of ether oxygens (including phenoxy) is 2. The van der Waals surface area contributed by atoms with Crippen molar-refractivity contribution in [2.75, 3.05) is 13.2 Å². The van der Waals surface area contributed by atoms with Crippen molar-refractivity contribution in [2.45, 2.75) is 32.7 Å². The molecule has 0 fully saturated rings. The molecule has 21 heavy (non-hydrogen) atoms. The van der Waals surface area contributed by atoms with Gasteiger partial charge in [0, 0.05) is 12.5 Å². The Labute approximate surface area is 125 Å². The molecule has 2 N–H and O–H groups in total. The first-order valence-electron chi connectivity index (χ1n) is 7.42. The predicted octanol–water partition coefficient (Wildman–Crippen LogP) is 3.71. The van der Waals surface area contributed by atoms with Crippen molar-refractivity contribution in [3.63, 3.8) is 0 Å². The third-order valence-electron chi connectivity index (χ3n) is 3.28. The average molecular weight is 289 g/mol. The molecule has 1 unspecified atom stereocenters. The van der Waals surface area contributed by atoms with Crippen molar-refractivity contribution in [1.82, 2.24) is 0 Å². The highest BCUT2D eigenvalue weighted by atomic mass is 16.5. The van der Waals surface area contributed by atoms with Crippen molar-refractivity contribution in [3.05, 3.63) is 47.9 Å². The summed E-state index contributed by atoms with van der Waals surface area (Å²) in [4.78, 5) is 0. The number of hydrogen-bond donors (Lipinski definition) is 1. The van der Waals surface area contributed by atoms with E-state index in [1.165, 1.54) is 0 Å². The Morgan fingerprint density at radius 2 is 1.86 bits per heavy atom. The maximum absolute atomic E-state index is 6.26. The zero-order chi connectivity index (χ0) is 15.1. The smallest absolute Gasteiger partial charge is 0.161 e. The Balaban J connectivity index is 2.05. The van der Waals surface area contributed by atoms with Gasteiger partial charge in [0.1, 0.15) is 5.76 Å². The van der Waals surface area contributed by atoms with Crippen molar-refractivity contribution in [3.8, 4) is 11.5 Å². The lowest BCUT2D eigenvalue weighted by molar-refractivity contribution is 0.287. The van der Waals surface area contributed by atoms with Gasteiger partial charge in [-0.1, -0.05) is 6.07 Å². The predicted molar refractivity (Wildman–Crippen MR) is 82.7 cm³/mol. The second-order valence-electron chi connectivity index (χ2n) is 4.80. The van der Waals surface area contributed by atoms with Gasteiger partial charge in [-0.25, -0.2) is 0 Å². The molecule has 1 heterocycles. The Hall–Kier alpha value is -1.94. The molecule has 1 aromatic carbocycles. The van der Waals surface area contributed by atoms with E-state index in [1.807, 2.05) is 44.2 Å². The lowest BCUT2D eigenvalue weighted by Crippen LogP contribution is -2.11. The van der Waals surface area contributed by atoms with Gasteiger partial charge < -0.3 is 19.6 Å². The topological polar surface area (TPSA) is 57.6 Å². The zero-order valence-electron chi connectivity index (χ0n) is 12.7. The van der Waals surface area contributed by atoms with E-state index in [2.05, 4.69) is 0 Å². The molecule has 114 valence electrons. The maximum atomic E-state index is 6.26. The molecule has 1 aromatic heterocycles. The van der Waals surface area contributed by atoms with Crippen molar-refractivity contribution >= 4 is 0 Å². The Morgan fingerprint density at radius 3 is 2.52 bits per heavy atom. The molecule has 0 bridgehead atoms. The van der Waals surface area contributed by atoms with Crippen LogP contribution in [0.15, 0.2) is 41.0 Å². The van der Waals surface area contributed by atoms with Gasteiger partial charge in [-0.3, -0.25) is 0 Å². The summed E-state index contributed by atoms with van der Waals surface area (Å²) in [6.07, 6.45) is 3.34. The molecule has 0 aliphatic heterocycles. The summed E-state index contributed by atoms with van der Waals surface area (Å²) in [5.41, 5.74) is 7.31. The summed E-state index contributed by atoms with van der Waals surface area (Å²) in [6, 6.07) is 9.71. The third-order valence-corrected chi connectivity index (χ3v) is 3.28. The Bertz CT molecular complexity index is 537. The first kappa shape index (κ1) is 15.4. The van der Waals surface area contributed by atoms with E-state index < -0.39 is 0 Å². The summed E-state index contributed by atoms with van der Waals surface area (Å²) in [6.45, 7) is 5.13. The maximum Gasteiger partial charge on any atom is 0.161 e. The highest BCUT2D eigenvalue weighted by Crippen LogP contribution is 2.31. The van der Waals surface area contributed by atoms with Crippen LogP contribution in [0, 0.1) is 0 Å². The standard InChI is InChI=1S/C17H23NO3/c1-3-19-16-10-7-13(12-17(16)20-4-2)15(18)9-8-14-6-5-11-21-14/h5-7,10-12,15H,3-4,8-9,18H2,1-2H3. The van der Waals surface area contributed by atoms with Crippen LogP contribution in [-0.2, 0) is 6.42 Å². The van der Waals surface area contributed by atoms with Crippen LogP contribution in [-0.4, -0.2) is 13.2 Å². The molecule has 0 amide bonds. The van der Waals surface area contributed by atoms with Crippen LogP contribution in [0.3, 0.4) is 0 Å². The molecule has 1 atom stereocenters. The fraction of sp³-hybridized carbons (Fsp3) is 0.412. The van der Waals surface area contributed by atoms with Gasteiger partial charge in [-0.15, -0.1) is 0 Å². The molecule has 4 nitrogen and oxygen atoms in total. The zero-order valence-corrected chi connectivity index (χ0v) is 12.7. The number of furan rings is 1. The van der Waals surface area contributed by atoms with Crippen LogP contribution in [0.5, 0.6) is 11.5 Å². The van der Waals surface area contributed by atoms with Gasteiger partial charge in [0.15, 0.2) is 11.5 Å². The van der Waals surface area contributed by atoms with Crippen LogP contribution in [0.4, 0.5) is 0 Å². The van der Waals surface area contributed by atoms with Crippen molar-refractivity contribution in [1.29, 1.82) is 0 Å². The van der Waals surface area contributed by atoms with E-state index in [1.54, 1.807) is 6.26 Å². The van der Waals surface area contributed by atoms with E-state index in [0.29, 0.717) is 13.2 Å². The second kappa shape index (κ2) is 7.74. The van der Waals surface area contributed by atoms with Crippen LogP contribution >= 0.6 is 0 Å². The van der Waals surface area contributed by atoms with E-state index in [-0.39, 0.29) is 6.04 Å². The first-order valence-corrected chi connectivity index (χ1v) is 7.42. The van der Waals surface area contributed by atoms with E-state index in [4.69, 9.17) is 19.6 Å². The molecule has 4 heteroatoms. The second-order valence-corrected chi connectivity index (χ2v) is 4.80. The highest BCUT2D eigenvalue weighted by Gasteiger charge is 2.12. The molecule has 0 aliphatic carbocycles. The number of rotatable bonds is 8. The van der Waals surface area contributed by atoms with Crippen molar-refractivity contribution < 1.29 is 13.9 Å². The fourth-order valence-electron chi connectivity index (χ4n) is 2.22. The number of aryl methyl sites for hydroxylation is 1. The van der Waals surface area contributed by atoms with Crippen LogP contribution in [0.2, 0.25) is 0 Å². The van der Waals surface area contributed by atoms with E-state index >= 15 is 0 Å². The minimum absolute atomic E-state index is 0.0509. The molecule has 2 aromatic rings. The summed E-state index contributed by atoms with van der Waals surface area (Å²) >= 11 is 0. The molecular weight excluding hydrogens is 266 g/mol. The van der Waals surface area contributed by atoms with Gasteiger partial charge in [0.05, 0.1) is 19.5 Å². The highest BCUT2D eigenvalue weighted by molar-refractivity contribution is 5.43. The minimum atomic E-state index is -0.0509. The van der Waals surface area contributed by atoms with Gasteiger partial charge in [-0.2, -0.15) is 0 Å². The normalized spacial score (nSPS) is 12.1. The van der Waals surface area contributed by atoms with Crippen LogP contribution in [0.25, 0.3) is 0 Å². The first-order chi connectivity index (χ1) is 10.2. The van der Waals surface area contributed by atoms with Gasteiger partial charge in [-0.05, 0) is 50.1 Å². The van der Waals surface area contributed by atoms with Crippen LogP contribution < -0.4 is 15.2 Å². The third kappa shape index (κ3) is 4.26. The van der Waals surface area contributed by atoms with Crippen LogP contribution in [0.1, 0.15) is 37.6 Å². The average Bonchev–Trinajstić information content (AvgIpc) is 3.00. The van der Waals surface area contributed by atoms with Gasteiger partial charge in [0.2, 0.25) is 0 Å². The largest absolute Gasteiger partial charge is 0.490 e. The van der Waals surface area contributed by atoms with Gasteiger partial charge >= 0.3 is 0 Å². The lowest BCUT2D eigenvalue weighted by Gasteiger charge is -2.16. The monoisotopic (exact) mass is 289 g/mol. The summed E-state index contributed by atoms with van der Waals surface area (Å²) < 4.78 is 16.5. The van der Waals surface area contributed by atoms with E-state index in [0.717, 1.165) is 35.7 Å². The number of hydrogen-bond acceptors (Lipinski definition) is 4. The fourth-order valence-corrected chi connectivity index (χ4v) is 2.22. The Kier molecular flexibility index (Phi) is 5.69. The Morgan fingerprint density at radius 1 is 1.10 bits per heavy atom.